The summed E-state index contributed by atoms with van der Waals surface area (Å²) < 4.78 is 1.39. The van der Waals surface area contributed by atoms with Gasteiger partial charge in [0, 0.05) is 31.9 Å². The van der Waals surface area contributed by atoms with Crippen LogP contribution in [0.15, 0.2) is 24.5 Å². The lowest BCUT2D eigenvalue weighted by atomic mass is 10.3. The minimum Gasteiger partial charge on any atom is -0.343 e. The van der Waals surface area contributed by atoms with E-state index in [0.717, 1.165) is 10.9 Å². The normalized spacial score (nSPS) is 10.5. The topological polar surface area (TPSA) is 64.2 Å². The van der Waals surface area contributed by atoms with Crippen LogP contribution in [-0.2, 0) is 0 Å². The van der Waals surface area contributed by atoms with Crippen LogP contribution in [0.25, 0.3) is 10.9 Å². The molecule has 78 valence electrons. The SMILES string of the molecule is CN(C)C(=O)c1cc2cnccc2n1N. The van der Waals surface area contributed by atoms with Gasteiger partial charge < -0.3 is 10.7 Å². The van der Waals surface area contributed by atoms with Crippen LogP contribution in [-0.4, -0.2) is 34.6 Å². The van der Waals surface area contributed by atoms with E-state index in [4.69, 9.17) is 5.84 Å². The van der Waals surface area contributed by atoms with Crippen molar-refractivity contribution in [1.29, 1.82) is 0 Å². The summed E-state index contributed by atoms with van der Waals surface area (Å²) >= 11 is 0. The molecule has 1 amide bonds. The summed E-state index contributed by atoms with van der Waals surface area (Å²) in [5.41, 5.74) is 1.26. The van der Waals surface area contributed by atoms with Gasteiger partial charge in [0.05, 0.1) is 5.52 Å². The van der Waals surface area contributed by atoms with Crippen molar-refractivity contribution in [3.05, 3.63) is 30.2 Å². The van der Waals surface area contributed by atoms with Crippen LogP contribution in [0, 0.1) is 0 Å². The fourth-order valence-electron chi connectivity index (χ4n) is 1.47. The highest BCUT2D eigenvalue weighted by atomic mass is 16.2. The Hall–Kier alpha value is -2.04. The van der Waals surface area contributed by atoms with E-state index in [-0.39, 0.29) is 5.91 Å². The molecule has 0 fully saturated rings. The molecule has 0 aromatic carbocycles. The monoisotopic (exact) mass is 204 g/mol. The maximum Gasteiger partial charge on any atom is 0.271 e. The predicted octanol–water partition coefficient (Wildman–Crippen LogP) is 0.452. The molecular weight excluding hydrogens is 192 g/mol. The first-order chi connectivity index (χ1) is 7.11. The Bertz CT molecular complexity index is 515. The second-order valence-corrected chi connectivity index (χ2v) is 3.53. The Labute approximate surface area is 87.1 Å². The van der Waals surface area contributed by atoms with E-state index in [1.54, 1.807) is 38.6 Å². The minimum absolute atomic E-state index is 0.117. The van der Waals surface area contributed by atoms with E-state index in [1.165, 1.54) is 9.58 Å². The largest absolute Gasteiger partial charge is 0.343 e. The van der Waals surface area contributed by atoms with Crippen LogP contribution < -0.4 is 5.84 Å². The van der Waals surface area contributed by atoms with Crippen molar-refractivity contribution in [3.63, 3.8) is 0 Å². The Kier molecular flexibility index (Phi) is 2.07. The average molecular weight is 204 g/mol. The third-order valence-corrected chi connectivity index (χ3v) is 2.26. The fourth-order valence-corrected chi connectivity index (χ4v) is 1.47. The molecule has 0 bridgehead atoms. The molecule has 0 spiro atoms. The smallest absolute Gasteiger partial charge is 0.271 e. The van der Waals surface area contributed by atoms with Crippen molar-refractivity contribution < 1.29 is 4.79 Å². The van der Waals surface area contributed by atoms with Gasteiger partial charge in [-0.1, -0.05) is 0 Å². The summed E-state index contributed by atoms with van der Waals surface area (Å²) in [6, 6.07) is 3.52. The number of fused-ring (bicyclic) bond motifs is 1. The molecule has 2 aromatic heterocycles. The lowest BCUT2D eigenvalue weighted by Crippen LogP contribution is -2.26. The van der Waals surface area contributed by atoms with E-state index in [0.29, 0.717) is 5.69 Å². The second-order valence-electron chi connectivity index (χ2n) is 3.53. The maximum absolute atomic E-state index is 11.7. The standard InChI is InChI=1S/C10H12N4O/c1-13(2)10(15)9-5-7-6-12-4-3-8(7)14(9)11/h3-6H,11H2,1-2H3. The van der Waals surface area contributed by atoms with Gasteiger partial charge in [-0.05, 0) is 12.1 Å². The van der Waals surface area contributed by atoms with Gasteiger partial charge in [-0.2, -0.15) is 0 Å². The zero-order chi connectivity index (χ0) is 11.0. The Balaban J connectivity index is 2.63. The number of amides is 1. The third-order valence-electron chi connectivity index (χ3n) is 2.26. The number of nitrogens with zero attached hydrogens (tertiary/aromatic N) is 3. The van der Waals surface area contributed by atoms with Gasteiger partial charge in [0.25, 0.3) is 5.91 Å². The second kappa shape index (κ2) is 3.27. The zero-order valence-electron chi connectivity index (χ0n) is 8.64. The van der Waals surface area contributed by atoms with Gasteiger partial charge >= 0.3 is 0 Å². The van der Waals surface area contributed by atoms with Gasteiger partial charge in [0.2, 0.25) is 0 Å². The molecule has 0 aliphatic rings. The van der Waals surface area contributed by atoms with Gasteiger partial charge in [-0.3, -0.25) is 14.5 Å². The Morgan fingerprint density at radius 2 is 2.27 bits per heavy atom. The number of nitrogen functional groups attached to an aromatic ring is 1. The Morgan fingerprint density at radius 1 is 1.53 bits per heavy atom. The van der Waals surface area contributed by atoms with Gasteiger partial charge in [0.15, 0.2) is 0 Å². The molecule has 0 unspecified atom stereocenters. The van der Waals surface area contributed by atoms with Crippen LogP contribution in [0.1, 0.15) is 10.5 Å². The number of carbonyl (C=O) groups is 1. The molecule has 2 N–H and O–H groups in total. The molecule has 0 aliphatic heterocycles. The summed E-state index contributed by atoms with van der Waals surface area (Å²) in [5, 5.41) is 0.866. The molecule has 0 radical (unpaired) electrons. The van der Waals surface area contributed by atoms with Crippen molar-refractivity contribution in [3.8, 4) is 0 Å². The lowest BCUT2D eigenvalue weighted by Gasteiger charge is -2.10. The summed E-state index contributed by atoms with van der Waals surface area (Å²) in [4.78, 5) is 17.2. The fraction of sp³-hybridized carbons (Fsp3) is 0.200. The first-order valence-corrected chi connectivity index (χ1v) is 4.53. The molecule has 0 saturated heterocycles. The summed E-state index contributed by atoms with van der Waals surface area (Å²) in [7, 11) is 3.39. The highest BCUT2D eigenvalue weighted by Gasteiger charge is 2.15. The van der Waals surface area contributed by atoms with E-state index in [9.17, 15) is 4.79 Å². The molecule has 2 heterocycles. The number of rotatable bonds is 1. The highest BCUT2D eigenvalue weighted by Crippen LogP contribution is 2.16. The first kappa shape index (κ1) is 9.51. The van der Waals surface area contributed by atoms with E-state index in [2.05, 4.69) is 4.98 Å². The molecule has 0 saturated carbocycles. The van der Waals surface area contributed by atoms with Crippen LogP contribution in [0.3, 0.4) is 0 Å². The molecular formula is C10H12N4O. The van der Waals surface area contributed by atoms with Crippen LogP contribution in [0.5, 0.6) is 0 Å². The lowest BCUT2D eigenvalue weighted by molar-refractivity contribution is 0.0819. The zero-order valence-corrected chi connectivity index (χ0v) is 8.64. The van der Waals surface area contributed by atoms with E-state index in [1.807, 2.05) is 0 Å². The molecule has 2 rings (SSSR count). The van der Waals surface area contributed by atoms with E-state index < -0.39 is 0 Å². The van der Waals surface area contributed by atoms with Crippen molar-refractivity contribution in [2.45, 2.75) is 0 Å². The number of hydrogen-bond acceptors (Lipinski definition) is 3. The number of carbonyl (C=O) groups excluding carboxylic acids is 1. The molecule has 2 aromatic rings. The van der Waals surface area contributed by atoms with Crippen LogP contribution in [0.2, 0.25) is 0 Å². The van der Waals surface area contributed by atoms with Crippen molar-refractivity contribution >= 4 is 16.8 Å². The van der Waals surface area contributed by atoms with Gasteiger partial charge in [-0.25, -0.2) is 0 Å². The number of aromatic nitrogens is 2. The Morgan fingerprint density at radius 3 is 2.87 bits per heavy atom. The highest BCUT2D eigenvalue weighted by molar-refractivity contribution is 5.98. The minimum atomic E-state index is -0.117. The molecule has 5 nitrogen and oxygen atoms in total. The summed E-state index contributed by atoms with van der Waals surface area (Å²) in [6.07, 6.45) is 3.33. The van der Waals surface area contributed by atoms with Crippen molar-refractivity contribution in [2.75, 3.05) is 19.9 Å². The number of nitrogens with two attached hydrogens (primary N) is 1. The van der Waals surface area contributed by atoms with Gasteiger partial charge in [0.1, 0.15) is 5.69 Å². The first-order valence-electron chi connectivity index (χ1n) is 4.53. The molecule has 0 aliphatic carbocycles. The number of pyridine rings is 1. The van der Waals surface area contributed by atoms with Gasteiger partial charge in [-0.15, -0.1) is 0 Å². The molecule has 15 heavy (non-hydrogen) atoms. The quantitative estimate of drug-likeness (QED) is 0.686. The molecule has 0 atom stereocenters. The third kappa shape index (κ3) is 1.41. The summed E-state index contributed by atoms with van der Waals surface area (Å²) in [6.45, 7) is 0. The predicted molar refractivity (Wildman–Crippen MR) is 57.9 cm³/mol. The van der Waals surface area contributed by atoms with Crippen molar-refractivity contribution in [2.24, 2.45) is 0 Å². The van der Waals surface area contributed by atoms with Crippen LogP contribution in [0.4, 0.5) is 0 Å². The van der Waals surface area contributed by atoms with Crippen LogP contribution >= 0.6 is 0 Å². The average Bonchev–Trinajstić information content (AvgIpc) is 2.56. The van der Waals surface area contributed by atoms with Crippen molar-refractivity contribution in [1.82, 2.24) is 14.6 Å². The summed E-state index contributed by atoms with van der Waals surface area (Å²) in [5.74, 6) is 5.70. The molecule has 5 heteroatoms. The number of hydrogen-bond donors (Lipinski definition) is 1. The maximum atomic E-state index is 11.7. The van der Waals surface area contributed by atoms with E-state index >= 15 is 0 Å².